The predicted octanol–water partition coefficient (Wildman–Crippen LogP) is 1.30. The van der Waals surface area contributed by atoms with Crippen LogP contribution in [0.15, 0.2) is 34.1 Å². The van der Waals surface area contributed by atoms with E-state index in [-0.39, 0.29) is 40.2 Å². The van der Waals surface area contributed by atoms with Crippen molar-refractivity contribution >= 4 is 29.9 Å². The highest BCUT2D eigenvalue weighted by Crippen LogP contribution is 2.28. The van der Waals surface area contributed by atoms with Crippen LogP contribution < -0.4 is 0 Å². The van der Waals surface area contributed by atoms with Gasteiger partial charge in [-0.15, -0.1) is 0 Å². The van der Waals surface area contributed by atoms with Gasteiger partial charge in [0.05, 0.1) is 21.3 Å². The first-order valence-electron chi connectivity index (χ1n) is 9.76. The Kier molecular flexibility index (Phi) is 6.45. The minimum atomic E-state index is -3.95. The predicted molar refractivity (Wildman–Crippen MR) is 110 cm³/mol. The van der Waals surface area contributed by atoms with Crippen molar-refractivity contribution in [1.29, 1.82) is 0 Å². The Morgan fingerprint density at radius 1 is 1.03 bits per heavy atom. The number of benzene rings is 1. The van der Waals surface area contributed by atoms with E-state index in [9.17, 15) is 25.3 Å². The second kappa shape index (κ2) is 8.26. The molecule has 0 spiro atoms. The molecule has 1 aromatic rings. The second-order valence-electron chi connectivity index (χ2n) is 8.11. The van der Waals surface area contributed by atoms with Crippen molar-refractivity contribution in [3.63, 3.8) is 0 Å². The molecule has 2 aliphatic rings. The van der Waals surface area contributed by atoms with Crippen LogP contribution in [0.3, 0.4) is 0 Å². The molecule has 0 aliphatic carbocycles. The van der Waals surface area contributed by atoms with Crippen LogP contribution in [-0.4, -0.2) is 71.0 Å². The smallest absolute Gasteiger partial charge is 0.229 e. The van der Waals surface area contributed by atoms with Gasteiger partial charge in [0.1, 0.15) is 0 Å². The van der Waals surface area contributed by atoms with Crippen LogP contribution >= 0.6 is 0 Å². The molecule has 11 heteroatoms. The molecule has 0 amide bonds. The average Bonchev–Trinajstić information content (AvgIpc) is 3.29. The topological polar surface area (TPSA) is 109 Å². The van der Waals surface area contributed by atoms with Crippen LogP contribution in [0.1, 0.15) is 33.1 Å². The zero-order valence-corrected chi connectivity index (χ0v) is 19.1. The first-order valence-corrected chi connectivity index (χ1v) is 14.5. The Balaban J connectivity index is 1.90. The summed E-state index contributed by atoms with van der Waals surface area (Å²) < 4.78 is 78.3. The fourth-order valence-electron chi connectivity index (χ4n) is 3.80. The van der Waals surface area contributed by atoms with Gasteiger partial charge in [-0.2, -0.15) is 8.61 Å². The maximum atomic E-state index is 13.3. The van der Waals surface area contributed by atoms with Gasteiger partial charge in [0.15, 0.2) is 9.84 Å². The summed E-state index contributed by atoms with van der Waals surface area (Å²) in [5.74, 6) is -0.183. The highest BCUT2D eigenvalue weighted by Gasteiger charge is 2.39. The van der Waals surface area contributed by atoms with Crippen LogP contribution in [0.5, 0.6) is 0 Å². The number of nitrogens with zero attached hydrogens (tertiary/aromatic N) is 2. The van der Waals surface area contributed by atoms with Crippen molar-refractivity contribution in [2.45, 2.75) is 48.9 Å². The summed E-state index contributed by atoms with van der Waals surface area (Å²) in [6.45, 7) is 4.90. The molecule has 2 saturated heterocycles. The molecule has 1 atom stereocenters. The molecule has 3 rings (SSSR count). The maximum absolute atomic E-state index is 13.3. The molecule has 8 nitrogen and oxygen atoms in total. The maximum Gasteiger partial charge on any atom is 0.243 e. The summed E-state index contributed by atoms with van der Waals surface area (Å²) in [6.07, 6.45) is 1.91. The zero-order valence-electron chi connectivity index (χ0n) is 16.7. The minimum absolute atomic E-state index is 0.0166. The van der Waals surface area contributed by atoms with E-state index in [0.29, 0.717) is 13.1 Å². The van der Waals surface area contributed by atoms with Crippen molar-refractivity contribution in [3.8, 4) is 0 Å². The summed E-state index contributed by atoms with van der Waals surface area (Å²) in [5.41, 5.74) is 0. The highest BCUT2D eigenvalue weighted by atomic mass is 32.2. The number of rotatable bonds is 7. The Morgan fingerprint density at radius 3 is 2.07 bits per heavy atom. The molecule has 0 bridgehead atoms. The van der Waals surface area contributed by atoms with Crippen LogP contribution in [-0.2, 0) is 29.9 Å². The van der Waals surface area contributed by atoms with Crippen LogP contribution in [0.4, 0.5) is 0 Å². The number of hydrogen-bond donors (Lipinski definition) is 0. The van der Waals surface area contributed by atoms with E-state index in [1.807, 2.05) is 13.8 Å². The van der Waals surface area contributed by atoms with E-state index < -0.39 is 35.9 Å². The van der Waals surface area contributed by atoms with E-state index in [1.54, 1.807) is 0 Å². The Labute approximate surface area is 173 Å². The van der Waals surface area contributed by atoms with Crippen molar-refractivity contribution < 1.29 is 25.3 Å². The largest absolute Gasteiger partial charge is 0.243 e. The zero-order chi connectivity index (χ0) is 21.4. The summed E-state index contributed by atoms with van der Waals surface area (Å²) >= 11 is 0. The van der Waals surface area contributed by atoms with Crippen LogP contribution in [0, 0.1) is 5.92 Å². The van der Waals surface area contributed by atoms with Gasteiger partial charge in [-0.1, -0.05) is 13.8 Å². The van der Waals surface area contributed by atoms with Gasteiger partial charge in [-0.3, -0.25) is 0 Å². The summed E-state index contributed by atoms with van der Waals surface area (Å²) in [5, 5.41) is 0. The van der Waals surface area contributed by atoms with Gasteiger partial charge in [-0.05, 0) is 49.4 Å². The van der Waals surface area contributed by atoms with Gasteiger partial charge in [0.2, 0.25) is 20.0 Å². The van der Waals surface area contributed by atoms with Gasteiger partial charge >= 0.3 is 0 Å². The van der Waals surface area contributed by atoms with Crippen molar-refractivity contribution in [2.75, 3.05) is 31.1 Å². The van der Waals surface area contributed by atoms with E-state index in [4.69, 9.17) is 0 Å². The Hall–Kier alpha value is -1.01. The lowest BCUT2D eigenvalue weighted by Gasteiger charge is -2.29. The standard InChI is InChI=1S/C18H28N2O6S3/c1-15(2)13-20(16-9-12-27(21,22)14-16)29(25,26)18-7-5-17(6-8-18)28(23,24)19-10-3-4-11-19/h5-8,15-16H,3-4,9-14H2,1-2H3. The monoisotopic (exact) mass is 464 g/mol. The molecule has 1 unspecified atom stereocenters. The quantitative estimate of drug-likeness (QED) is 0.602. The van der Waals surface area contributed by atoms with Gasteiger partial charge in [-0.25, -0.2) is 25.3 Å². The molecular formula is C18H28N2O6S3. The molecule has 0 aromatic heterocycles. The Morgan fingerprint density at radius 2 is 1.59 bits per heavy atom. The summed E-state index contributed by atoms with van der Waals surface area (Å²) in [6, 6.07) is 4.64. The third-order valence-electron chi connectivity index (χ3n) is 5.29. The summed E-state index contributed by atoms with van der Waals surface area (Å²) in [4.78, 5) is 0.0417. The molecule has 1 aromatic carbocycles. The molecule has 2 heterocycles. The Bertz CT molecular complexity index is 1040. The molecule has 2 aliphatic heterocycles. The normalized spacial score (nSPS) is 23.2. The first-order chi connectivity index (χ1) is 13.4. The lowest BCUT2D eigenvalue weighted by molar-refractivity contribution is 0.308. The van der Waals surface area contributed by atoms with Crippen molar-refractivity contribution in [2.24, 2.45) is 5.92 Å². The lowest BCUT2D eigenvalue weighted by atomic mass is 10.2. The van der Waals surface area contributed by atoms with Crippen LogP contribution in [0.2, 0.25) is 0 Å². The third-order valence-corrected chi connectivity index (χ3v) is 10.9. The van der Waals surface area contributed by atoms with Crippen molar-refractivity contribution in [3.05, 3.63) is 24.3 Å². The highest BCUT2D eigenvalue weighted by molar-refractivity contribution is 7.92. The van der Waals surface area contributed by atoms with Crippen molar-refractivity contribution in [1.82, 2.24) is 8.61 Å². The molecule has 0 radical (unpaired) electrons. The number of hydrogen-bond acceptors (Lipinski definition) is 6. The van der Waals surface area contributed by atoms with Gasteiger partial charge in [0.25, 0.3) is 0 Å². The van der Waals surface area contributed by atoms with Crippen LogP contribution in [0.25, 0.3) is 0 Å². The molecule has 29 heavy (non-hydrogen) atoms. The molecular weight excluding hydrogens is 436 g/mol. The fraction of sp³-hybridized carbons (Fsp3) is 0.667. The summed E-state index contributed by atoms with van der Waals surface area (Å²) in [7, 11) is -10.8. The molecule has 2 fully saturated rings. The van der Waals surface area contributed by atoms with Gasteiger partial charge < -0.3 is 0 Å². The van der Waals surface area contributed by atoms with E-state index in [2.05, 4.69) is 0 Å². The van der Waals surface area contributed by atoms with E-state index in [0.717, 1.165) is 12.8 Å². The van der Waals surface area contributed by atoms with E-state index >= 15 is 0 Å². The molecule has 0 N–H and O–H groups in total. The number of sulfone groups is 1. The van der Waals surface area contributed by atoms with E-state index in [1.165, 1.54) is 32.9 Å². The lowest BCUT2D eigenvalue weighted by Crippen LogP contribution is -2.43. The number of sulfonamides is 2. The third kappa shape index (κ3) is 4.84. The SMILES string of the molecule is CC(C)CN(C1CCS(=O)(=O)C1)S(=O)(=O)c1ccc(S(=O)(=O)N2CCCC2)cc1. The first kappa shape index (κ1) is 22.7. The molecule has 0 saturated carbocycles. The fourth-order valence-corrected chi connectivity index (χ4v) is 8.96. The van der Waals surface area contributed by atoms with Gasteiger partial charge in [0, 0.05) is 25.7 Å². The molecule has 164 valence electrons. The minimum Gasteiger partial charge on any atom is -0.229 e. The second-order valence-corrected chi connectivity index (χ2v) is 14.2. The average molecular weight is 465 g/mol.